The van der Waals surface area contributed by atoms with Crippen LogP contribution in [0.5, 0.6) is 11.5 Å². The number of rotatable bonds is 7. The van der Waals surface area contributed by atoms with Gasteiger partial charge in [-0.2, -0.15) is 0 Å². The van der Waals surface area contributed by atoms with E-state index >= 15 is 0 Å². The second-order valence-electron chi connectivity index (χ2n) is 6.30. The van der Waals surface area contributed by atoms with E-state index in [0.717, 1.165) is 24.3 Å². The zero-order valence-corrected chi connectivity index (χ0v) is 15.9. The number of ether oxygens (including phenoxy) is 2. The third kappa shape index (κ3) is 5.58. The summed E-state index contributed by atoms with van der Waals surface area (Å²) < 4.78 is 11.1. The van der Waals surface area contributed by atoms with Gasteiger partial charge in [-0.05, 0) is 49.8 Å². The van der Waals surface area contributed by atoms with Crippen molar-refractivity contribution in [2.45, 2.75) is 37.9 Å². The van der Waals surface area contributed by atoms with Crippen molar-refractivity contribution in [2.24, 2.45) is 0 Å². The monoisotopic (exact) mass is 381 g/mol. The largest absolute Gasteiger partial charge is 0.486 e. The predicted molar refractivity (Wildman–Crippen MR) is 103 cm³/mol. The minimum Gasteiger partial charge on any atom is -0.486 e. The molecule has 1 aromatic rings. The Labute approximate surface area is 158 Å². The highest BCUT2D eigenvalue weighted by Gasteiger charge is 2.16. The summed E-state index contributed by atoms with van der Waals surface area (Å²) in [6, 6.07) is 3.83. The number of carbonyl (C=O) groups excluding carboxylic acids is 1. The number of amides is 1. The maximum absolute atomic E-state index is 12.0. The van der Waals surface area contributed by atoms with Gasteiger partial charge in [0.05, 0.1) is 10.8 Å². The van der Waals surface area contributed by atoms with E-state index in [0.29, 0.717) is 35.5 Å². The number of fused-ring (bicyclic) bond motifs is 1. The third-order valence-corrected chi connectivity index (χ3v) is 5.60. The SMILES string of the molecule is O=C(CSCc1cc(Cl)c2c(c1)OCCO2)NCCC1=CCCCC1. The maximum atomic E-state index is 12.0. The van der Waals surface area contributed by atoms with E-state index in [1.165, 1.54) is 31.3 Å². The summed E-state index contributed by atoms with van der Waals surface area (Å²) in [5.74, 6) is 2.57. The van der Waals surface area contributed by atoms with Crippen LogP contribution >= 0.6 is 23.4 Å². The smallest absolute Gasteiger partial charge is 0.230 e. The molecule has 0 fully saturated rings. The molecule has 1 aromatic carbocycles. The Balaban J connectivity index is 1.38. The van der Waals surface area contributed by atoms with Gasteiger partial charge in [0.25, 0.3) is 0 Å². The van der Waals surface area contributed by atoms with Gasteiger partial charge < -0.3 is 14.8 Å². The molecule has 0 atom stereocenters. The van der Waals surface area contributed by atoms with Gasteiger partial charge in [-0.1, -0.05) is 23.3 Å². The molecule has 1 aliphatic heterocycles. The second kappa shape index (κ2) is 9.39. The summed E-state index contributed by atoms with van der Waals surface area (Å²) >= 11 is 7.81. The Morgan fingerprint density at radius 1 is 1.24 bits per heavy atom. The minimum atomic E-state index is 0.0880. The molecule has 6 heteroatoms. The molecule has 0 bridgehead atoms. The van der Waals surface area contributed by atoms with Gasteiger partial charge in [0.2, 0.25) is 5.91 Å². The third-order valence-electron chi connectivity index (χ3n) is 4.31. The number of carbonyl (C=O) groups is 1. The molecule has 1 amide bonds. The highest BCUT2D eigenvalue weighted by atomic mass is 35.5. The number of benzene rings is 1. The molecule has 0 saturated carbocycles. The van der Waals surface area contributed by atoms with Crippen LogP contribution in [0.4, 0.5) is 0 Å². The average molecular weight is 382 g/mol. The topological polar surface area (TPSA) is 47.6 Å². The first-order chi connectivity index (χ1) is 12.2. The van der Waals surface area contributed by atoms with E-state index < -0.39 is 0 Å². The highest BCUT2D eigenvalue weighted by Crippen LogP contribution is 2.39. The molecule has 1 aliphatic carbocycles. The second-order valence-corrected chi connectivity index (χ2v) is 7.70. The van der Waals surface area contributed by atoms with E-state index in [2.05, 4.69) is 11.4 Å². The van der Waals surface area contributed by atoms with Crippen LogP contribution in [0.2, 0.25) is 5.02 Å². The minimum absolute atomic E-state index is 0.0880. The molecule has 0 aromatic heterocycles. The first-order valence-electron chi connectivity index (χ1n) is 8.83. The van der Waals surface area contributed by atoms with Crippen molar-refractivity contribution in [2.75, 3.05) is 25.5 Å². The van der Waals surface area contributed by atoms with Gasteiger partial charge in [-0.15, -0.1) is 11.8 Å². The van der Waals surface area contributed by atoms with E-state index in [4.69, 9.17) is 21.1 Å². The predicted octanol–water partition coefficient (Wildman–Crippen LogP) is 4.35. The number of allylic oxidation sites excluding steroid dienone is 1. The fourth-order valence-corrected chi connectivity index (χ4v) is 4.13. The lowest BCUT2D eigenvalue weighted by Gasteiger charge is -2.20. The first-order valence-corrected chi connectivity index (χ1v) is 10.4. The molecule has 3 rings (SSSR count). The van der Waals surface area contributed by atoms with Crippen molar-refractivity contribution in [3.63, 3.8) is 0 Å². The lowest BCUT2D eigenvalue weighted by molar-refractivity contribution is -0.118. The lowest BCUT2D eigenvalue weighted by atomic mass is 9.97. The molecular formula is C19H24ClNO3S. The molecule has 136 valence electrons. The van der Waals surface area contributed by atoms with Gasteiger partial charge >= 0.3 is 0 Å². The molecular weight excluding hydrogens is 358 g/mol. The molecule has 1 N–H and O–H groups in total. The van der Waals surface area contributed by atoms with Crippen molar-refractivity contribution in [3.8, 4) is 11.5 Å². The van der Waals surface area contributed by atoms with Gasteiger partial charge in [0, 0.05) is 12.3 Å². The van der Waals surface area contributed by atoms with E-state index in [1.807, 2.05) is 12.1 Å². The highest BCUT2D eigenvalue weighted by molar-refractivity contribution is 7.99. The van der Waals surface area contributed by atoms with Crippen LogP contribution in [0.1, 0.15) is 37.7 Å². The summed E-state index contributed by atoms with van der Waals surface area (Å²) in [5.41, 5.74) is 2.53. The van der Waals surface area contributed by atoms with Crippen molar-refractivity contribution >= 4 is 29.3 Å². The normalized spacial score (nSPS) is 16.3. The number of halogens is 1. The van der Waals surface area contributed by atoms with Gasteiger partial charge in [-0.3, -0.25) is 4.79 Å². The number of thioether (sulfide) groups is 1. The molecule has 4 nitrogen and oxygen atoms in total. The zero-order valence-electron chi connectivity index (χ0n) is 14.3. The summed E-state index contributed by atoms with van der Waals surface area (Å²) in [4.78, 5) is 12.0. The molecule has 0 radical (unpaired) electrons. The van der Waals surface area contributed by atoms with Crippen LogP contribution in [0, 0.1) is 0 Å². The Morgan fingerprint density at radius 2 is 2.12 bits per heavy atom. The van der Waals surface area contributed by atoms with Crippen LogP contribution in [0.3, 0.4) is 0 Å². The molecule has 0 saturated heterocycles. The maximum Gasteiger partial charge on any atom is 0.230 e. The van der Waals surface area contributed by atoms with E-state index in [1.54, 1.807) is 11.8 Å². The standard InChI is InChI=1S/C19H24ClNO3S/c20-16-10-15(11-17-19(16)24-9-8-23-17)12-25-13-18(22)21-7-6-14-4-2-1-3-5-14/h4,10-11H,1-3,5-9,12-13H2,(H,21,22). The Kier molecular flexibility index (Phi) is 6.93. The Bertz CT molecular complexity index is 648. The fourth-order valence-electron chi connectivity index (χ4n) is 3.05. The van der Waals surface area contributed by atoms with Crippen LogP contribution in [-0.4, -0.2) is 31.4 Å². The number of hydrogen-bond donors (Lipinski definition) is 1. The molecule has 0 unspecified atom stereocenters. The Morgan fingerprint density at radius 3 is 2.96 bits per heavy atom. The summed E-state index contributed by atoms with van der Waals surface area (Å²) in [7, 11) is 0. The zero-order chi connectivity index (χ0) is 17.5. The molecule has 2 aliphatic rings. The number of nitrogens with one attached hydrogen (secondary N) is 1. The molecule has 0 spiro atoms. The first kappa shape index (κ1) is 18.5. The van der Waals surface area contributed by atoms with E-state index in [9.17, 15) is 4.79 Å². The van der Waals surface area contributed by atoms with Crippen molar-refractivity contribution in [1.29, 1.82) is 0 Å². The Hall–Kier alpha value is -1.33. The van der Waals surface area contributed by atoms with Crippen molar-refractivity contribution < 1.29 is 14.3 Å². The van der Waals surface area contributed by atoms with Crippen LogP contribution in [0.15, 0.2) is 23.8 Å². The quantitative estimate of drug-likeness (QED) is 0.713. The van der Waals surface area contributed by atoms with Gasteiger partial charge in [-0.25, -0.2) is 0 Å². The molecule has 1 heterocycles. The summed E-state index contributed by atoms with van der Waals surface area (Å²) in [6.07, 6.45) is 8.28. The van der Waals surface area contributed by atoms with Gasteiger partial charge in [0.15, 0.2) is 11.5 Å². The van der Waals surface area contributed by atoms with Crippen LogP contribution in [-0.2, 0) is 10.5 Å². The van der Waals surface area contributed by atoms with Crippen molar-refractivity contribution in [3.05, 3.63) is 34.4 Å². The lowest BCUT2D eigenvalue weighted by Crippen LogP contribution is -2.26. The fraction of sp³-hybridized carbons (Fsp3) is 0.526. The van der Waals surface area contributed by atoms with Crippen LogP contribution < -0.4 is 14.8 Å². The molecule has 25 heavy (non-hydrogen) atoms. The van der Waals surface area contributed by atoms with Crippen LogP contribution in [0.25, 0.3) is 0 Å². The van der Waals surface area contributed by atoms with E-state index in [-0.39, 0.29) is 5.91 Å². The van der Waals surface area contributed by atoms with Gasteiger partial charge in [0.1, 0.15) is 13.2 Å². The number of hydrogen-bond acceptors (Lipinski definition) is 4. The average Bonchev–Trinajstić information content (AvgIpc) is 2.63. The summed E-state index contributed by atoms with van der Waals surface area (Å²) in [6.45, 7) is 1.80. The van der Waals surface area contributed by atoms with Crippen molar-refractivity contribution in [1.82, 2.24) is 5.32 Å². The summed E-state index contributed by atoms with van der Waals surface area (Å²) in [5, 5.41) is 3.57.